The van der Waals surface area contributed by atoms with Crippen LogP contribution in [-0.4, -0.2) is 24.2 Å². The number of aliphatic hydroxyl groups excluding tert-OH is 1. The summed E-state index contributed by atoms with van der Waals surface area (Å²) >= 11 is 0. The molecule has 0 aliphatic rings. The number of nitrogens with one attached hydrogen (secondary N) is 1. The van der Waals surface area contributed by atoms with Gasteiger partial charge in [0.2, 0.25) is 5.91 Å². The minimum atomic E-state index is -0.771. The van der Waals surface area contributed by atoms with E-state index in [0.717, 1.165) is 16.9 Å². The summed E-state index contributed by atoms with van der Waals surface area (Å²) in [7, 11) is 0. The van der Waals surface area contributed by atoms with E-state index in [1.54, 1.807) is 0 Å². The number of hydrogen-bond donors (Lipinski definition) is 2. The number of benzene rings is 2. The Morgan fingerprint density at radius 2 is 1.83 bits per heavy atom. The van der Waals surface area contributed by atoms with Gasteiger partial charge < -0.3 is 15.2 Å². The first-order valence-corrected chi connectivity index (χ1v) is 7.91. The van der Waals surface area contributed by atoms with Crippen molar-refractivity contribution >= 4 is 5.91 Å². The Hall–Kier alpha value is -2.33. The third-order valence-electron chi connectivity index (χ3n) is 3.55. The predicted molar refractivity (Wildman–Crippen MR) is 90.3 cm³/mol. The number of hydrogen-bond acceptors (Lipinski definition) is 3. The average molecular weight is 313 g/mol. The van der Waals surface area contributed by atoms with Gasteiger partial charge in [-0.25, -0.2) is 0 Å². The van der Waals surface area contributed by atoms with Gasteiger partial charge in [-0.2, -0.15) is 0 Å². The molecule has 0 aromatic heterocycles. The van der Waals surface area contributed by atoms with Crippen molar-refractivity contribution in [2.75, 3.05) is 13.2 Å². The Balaban J connectivity index is 1.79. The molecule has 0 aliphatic heterocycles. The molecule has 0 aliphatic carbocycles. The smallest absolute Gasteiger partial charge is 0.222 e. The molecule has 23 heavy (non-hydrogen) atoms. The lowest BCUT2D eigenvalue weighted by molar-refractivity contribution is -0.123. The van der Waals surface area contributed by atoms with E-state index in [1.165, 1.54) is 0 Å². The molecule has 0 saturated carbocycles. The van der Waals surface area contributed by atoms with E-state index in [4.69, 9.17) is 4.74 Å². The van der Waals surface area contributed by atoms with Crippen LogP contribution in [0.5, 0.6) is 5.75 Å². The van der Waals surface area contributed by atoms with Crippen LogP contribution in [0.1, 0.15) is 30.6 Å². The number of rotatable bonds is 8. The van der Waals surface area contributed by atoms with E-state index >= 15 is 0 Å². The highest BCUT2D eigenvalue weighted by atomic mass is 16.5. The van der Waals surface area contributed by atoms with Gasteiger partial charge in [-0.1, -0.05) is 48.5 Å². The molecule has 122 valence electrons. The minimum Gasteiger partial charge on any atom is -0.494 e. The van der Waals surface area contributed by atoms with Gasteiger partial charge in [0, 0.05) is 6.54 Å². The van der Waals surface area contributed by atoms with Crippen molar-refractivity contribution in [1.29, 1.82) is 0 Å². The molecule has 0 radical (unpaired) electrons. The summed E-state index contributed by atoms with van der Waals surface area (Å²) in [5.74, 6) is 0.698. The Kier molecular flexibility index (Phi) is 6.63. The zero-order chi connectivity index (χ0) is 16.5. The van der Waals surface area contributed by atoms with Crippen LogP contribution in [0.3, 0.4) is 0 Å². The van der Waals surface area contributed by atoms with E-state index in [0.29, 0.717) is 19.6 Å². The van der Waals surface area contributed by atoms with Crippen molar-refractivity contribution < 1.29 is 14.6 Å². The monoisotopic (exact) mass is 313 g/mol. The molecule has 0 bridgehead atoms. The maximum Gasteiger partial charge on any atom is 0.222 e. The molecule has 0 fully saturated rings. The SMILES string of the molecule is CCOc1ccccc1CCNC(=O)CC(O)c1ccccc1. The minimum absolute atomic E-state index is 0.0666. The molecule has 2 aromatic carbocycles. The fourth-order valence-corrected chi connectivity index (χ4v) is 2.38. The Labute approximate surface area is 137 Å². The summed E-state index contributed by atoms with van der Waals surface area (Å²) in [6.45, 7) is 3.08. The molecule has 0 spiro atoms. The molecule has 2 rings (SSSR count). The van der Waals surface area contributed by atoms with Crippen molar-refractivity contribution in [2.24, 2.45) is 0 Å². The topological polar surface area (TPSA) is 58.6 Å². The normalized spacial score (nSPS) is 11.7. The molecular weight excluding hydrogens is 290 g/mol. The summed E-state index contributed by atoms with van der Waals surface area (Å²) in [5.41, 5.74) is 1.82. The largest absolute Gasteiger partial charge is 0.494 e. The molecule has 2 N–H and O–H groups in total. The molecule has 4 nitrogen and oxygen atoms in total. The van der Waals surface area contributed by atoms with Crippen LogP contribution in [0.15, 0.2) is 54.6 Å². The third kappa shape index (κ3) is 5.42. The fourth-order valence-electron chi connectivity index (χ4n) is 2.38. The zero-order valence-corrected chi connectivity index (χ0v) is 13.4. The predicted octanol–water partition coefficient (Wildman–Crippen LogP) is 2.87. The fraction of sp³-hybridized carbons (Fsp3) is 0.316. The second-order valence-electron chi connectivity index (χ2n) is 5.27. The second-order valence-corrected chi connectivity index (χ2v) is 5.27. The van der Waals surface area contributed by atoms with Crippen molar-refractivity contribution in [3.63, 3.8) is 0 Å². The number of para-hydroxylation sites is 1. The first-order chi connectivity index (χ1) is 11.2. The van der Waals surface area contributed by atoms with E-state index in [1.807, 2.05) is 61.5 Å². The number of aliphatic hydroxyl groups is 1. The molecule has 4 heteroatoms. The summed E-state index contributed by atoms with van der Waals surface area (Å²) < 4.78 is 5.56. The highest BCUT2D eigenvalue weighted by molar-refractivity contribution is 5.76. The van der Waals surface area contributed by atoms with Gasteiger partial charge in [0.25, 0.3) is 0 Å². The van der Waals surface area contributed by atoms with Crippen molar-refractivity contribution in [2.45, 2.75) is 25.9 Å². The Morgan fingerprint density at radius 3 is 2.57 bits per heavy atom. The number of amides is 1. The lowest BCUT2D eigenvalue weighted by Gasteiger charge is -2.12. The van der Waals surface area contributed by atoms with Crippen LogP contribution in [0.4, 0.5) is 0 Å². The van der Waals surface area contributed by atoms with Crippen LogP contribution < -0.4 is 10.1 Å². The van der Waals surface area contributed by atoms with Gasteiger partial charge in [-0.3, -0.25) is 4.79 Å². The van der Waals surface area contributed by atoms with E-state index in [9.17, 15) is 9.90 Å². The lowest BCUT2D eigenvalue weighted by atomic mass is 10.1. The average Bonchev–Trinajstić information content (AvgIpc) is 2.57. The molecule has 0 heterocycles. The molecular formula is C19H23NO3. The number of carbonyl (C=O) groups excluding carboxylic acids is 1. The zero-order valence-electron chi connectivity index (χ0n) is 13.4. The molecule has 0 saturated heterocycles. The Morgan fingerprint density at radius 1 is 1.13 bits per heavy atom. The molecule has 1 unspecified atom stereocenters. The maximum atomic E-state index is 11.9. The van der Waals surface area contributed by atoms with Gasteiger partial charge in [0.15, 0.2) is 0 Å². The Bertz CT molecular complexity index is 613. The standard InChI is InChI=1S/C19H23NO3/c1-2-23-18-11-7-6-10-16(18)12-13-20-19(22)14-17(21)15-8-4-3-5-9-15/h3-11,17,21H,2,12-14H2,1H3,(H,20,22). The quantitative estimate of drug-likeness (QED) is 0.788. The van der Waals surface area contributed by atoms with E-state index in [2.05, 4.69) is 5.32 Å². The second kappa shape index (κ2) is 8.96. The van der Waals surface area contributed by atoms with Crippen LogP contribution in [0, 0.1) is 0 Å². The third-order valence-corrected chi connectivity index (χ3v) is 3.55. The van der Waals surface area contributed by atoms with Gasteiger partial charge >= 0.3 is 0 Å². The van der Waals surface area contributed by atoms with Crippen LogP contribution in [0.25, 0.3) is 0 Å². The number of ether oxygens (including phenoxy) is 1. The highest BCUT2D eigenvalue weighted by Crippen LogP contribution is 2.18. The van der Waals surface area contributed by atoms with Crippen molar-refractivity contribution in [3.8, 4) is 5.75 Å². The van der Waals surface area contributed by atoms with E-state index < -0.39 is 6.10 Å². The first-order valence-electron chi connectivity index (χ1n) is 7.91. The van der Waals surface area contributed by atoms with Crippen molar-refractivity contribution in [3.05, 3.63) is 65.7 Å². The first kappa shape index (κ1) is 17.0. The lowest BCUT2D eigenvalue weighted by Crippen LogP contribution is -2.27. The van der Waals surface area contributed by atoms with Crippen molar-refractivity contribution in [1.82, 2.24) is 5.32 Å². The van der Waals surface area contributed by atoms with Gasteiger partial charge in [0.1, 0.15) is 5.75 Å². The highest BCUT2D eigenvalue weighted by Gasteiger charge is 2.12. The van der Waals surface area contributed by atoms with Crippen LogP contribution >= 0.6 is 0 Å². The van der Waals surface area contributed by atoms with Gasteiger partial charge in [-0.15, -0.1) is 0 Å². The molecule has 1 atom stereocenters. The molecule has 2 aromatic rings. The summed E-state index contributed by atoms with van der Waals surface area (Å²) in [5, 5.41) is 12.9. The van der Waals surface area contributed by atoms with Gasteiger partial charge in [0.05, 0.1) is 19.1 Å². The van der Waals surface area contributed by atoms with Crippen LogP contribution in [-0.2, 0) is 11.2 Å². The summed E-state index contributed by atoms with van der Waals surface area (Å²) in [6, 6.07) is 17.0. The number of carbonyl (C=O) groups is 1. The summed E-state index contributed by atoms with van der Waals surface area (Å²) in [4.78, 5) is 11.9. The van der Waals surface area contributed by atoms with Gasteiger partial charge in [-0.05, 0) is 30.5 Å². The molecule has 1 amide bonds. The van der Waals surface area contributed by atoms with E-state index in [-0.39, 0.29) is 12.3 Å². The summed E-state index contributed by atoms with van der Waals surface area (Å²) in [6.07, 6.45) is -0.00703. The maximum absolute atomic E-state index is 11.9. The van der Waals surface area contributed by atoms with Crippen LogP contribution in [0.2, 0.25) is 0 Å².